The molecule has 2 aromatic heterocycles. The second-order valence-electron chi connectivity index (χ2n) is 9.60. The maximum atomic E-state index is 12.8. The maximum absolute atomic E-state index is 12.8. The van der Waals surface area contributed by atoms with E-state index < -0.39 is 11.7 Å². The number of carbonyl (C=O) groups is 1. The van der Waals surface area contributed by atoms with E-state index in [1.807, 2.05) is 42.5 Å². The standard InChI is InChI=1S/C29H30N4O5/c1-17(2)16-37-23-7-5-4-6-20(23)22-10-11-31-29(33-22)32-19-8-9-21-24(14-19)38-28(35)26(18(3)34)27(21)25-15-30-12-13-36-25/h4-11,14,17,25,30H,12-13,15-16H2,1-3H3,(H,31,32,33). The van der Waals surface area contributed by atoms with Crippen molar-refractivity contribution in [3.8, 4) is 17.0 Å². The number of ketones is 1. The lowest BCUT2D eigenvalue weighted by Crippen LogP contribution is -2.35. The van der Waals surface area contributed by atoms with Gasteiger partial charge in [-0.25, -0.2) is 14.8 Å². The van der Waals surface area contributed by atoms with Crippen LogP contribution in [0.2, 0.25) is 0 Å². The Morgan fingerprint density at radius 2 is 2.05 bits per heavy atom. The highest BCUT2D eigenvalue weighted by molar-refractivity contribution is 6.00. The van der Waals surface area contributed by atoms with Crippen LogP contribution >= 0.6 is 0 Å². The number of anilines is 2. The van der Waals surface area contributed by atoms with Crippen LogP contribution in [-0.4, -0.2) is 42.1 Å². The predicted octanol–water partition coefficient (Wildman–Crippen LogP) is 4.89. The number of ether oxygens (including phenoxy) is 2. The SMILES string of the molecule is CC(=O)c1c(C2CNCCO2)c2ccc(Nc3nccc(-c4ccccc4OCC(C)C)n3)cc2oc1=O. The molecule has 2 N–H and O–H groups in total. The van der Waals surface area contributed by atoms with E-state index in [1.165, 1.54) is 6.92 Å². The van der Waals surface area contributed by atoms with Gasteiger partial charge in [0.1, 0.15) is 16.9 Å². The first-order chi connectivity index (χ1) is 18.4. The monoisotopic (exact) mass is 514 g/mol. The number of para-hydroxylation sites is 1. The van der Waals surface area contributed by atoms with E-state index in [-0.39, 0.29) is 11.3 Å². The highest BCUT2D eigenvalue weighted by atomic mass is 16.5. The second-order valence-corrected chi connectivity index (χ2v) is 9.60. The number of rotatable bonds is 8. The Hall–Kier alpha value is -4.08. The van der Waals surface area contributed by atoms with Crippen LogP contribution < -0.4 is 21.0 Å². The molecule has 5 rings (SSSR count). The Kier molecular flexibility index (Phi) is 7.48. The minimum atomic E-state index is -0.678. The molecule has 0 saturated carbocycles. The van der Waals surface area contributed by atoms with Crippen molar-refractivity contribution in [2.45, 2.75) is 26.9 Å². The molecular weight excluding hydrogens is 484 g/mol. The van der Waals surface area contributed by atoms with Gasteiger partial charge in [0.05, 0.1) is 25.0 Å². The highest BCUT2D eigenvalue weighted by Gasteiger charge is 2.27. The molecule has 0 bridgehead atoms. The number of hydrogen-bond acceptors (Lipinski definition) is 9. The molecule has 0 spiro atoms. The summed E-state index contributed by atoms with van der Waals surface area (Å²) in [7, 11) is 0. The van der Waals surface area contributed by atoms with Gasteiger partial charge in [0.25, 0.3) is 0 Å². The van der Waals surface area contributed by atoms with Gasteiger partial charge in [0, 0.05) is 47.6 Å². The summed E-state index contributed by atoms with van der Waals surface area (Å²) < 4.78 is 17.5. The van der Waals surface area contributed by atoms with Gasteiger partial charge in [-0.05, 0) is 43.2 Å². The molecule has 2 aromatic carbocycles. The zero-order chi connectivity index (χ0) is 26.6. The van der Waals surface area contributed by atoms with Crippen LogP contribution in [0.1, 0.15) is 42.8 Å². The zero-order valence-corrected chi connectivity index (χ0v) is 21.6. The Bertz CT molecular complexity index is 1530. The van der Waals surface area contributed by atoms with Crippen molar-refractivity contribution in [1.29, 1.82) is 0 Å². The molecular formula is C29H30N4O5. The first-order valence-electron chi connectivity index (χ1n) is 12.7. The van der Waals surface area contributed by atoms with Gasteiger partial charge < -0.3 is 24.5 Å². The van der Waals surface area contributed by atoms with Gasteiger partial charge in [0.2, 0.25) is 5.95 Å². The van der Waals surface area contributed by atoms with E-state index in [0.29, 0.717) is 66.1 Å². The summed E-state index contributed by atoms with van der Waals surface area (Å²) >= 11 is 0. The molecule has 0 amide bonds. The van der Waals surface area contributed by atoms with Crippen LogP contribution in [0, 0.1) is 5.92 Å². The maximum Gasteiger partial charge on any atom is 0.347 e. The third-order valence-electron chi connectivity index (χ3n) is 6.20. The number of Topliss-reactive ketones (excluding diaryl/α,β-unsaturated/α-hetero) is 1. The van der Waals surface area contributed by atoms with Gasteiger partial charge >= 0.3 is 5.63 Å². The Labute approximate surface area is 220 Å². The fraction of sp³-hybridized carbons (Fsp3) is 0.310. The molecule has 9 nitrogen and oxygen atoms in total. The molecule has 4 aromatic rings. The van der Waals surface area contributed by atoms with Gasteiger partial charge in [-0.3, -0.25) is 4.79 Å². The first-order valence-corrected chi connectivity index (χ1v) is 12.7. The molecule has 38 heavy (non-hydrogen) atoms. The molecule has 9 heteroatoms. The van der Waals surface area contributed by atoms with E-state index in [1.54, 1.807) is 12.3 Å². The zero-order valence-electron chi connectivity index (χ0n) is 21.6. The molecule has 196 valence electrons. The van der Waals surface area contributed by atoms with Crippen molar-refractivity contribution in [3.05, 3.63) is 76.3 Å². The largest absolute Gasteiger partial charge is 0.493 e. The van der Waals surface area contributed by atoms with Crippen molar-refractivity contribution in [2.75, 3.05) is 31.6 Å². The highest BCUT2D eigenvalue weighted by Crippen LogP contribution is 2.32. The predicted molar refractivity (Wildman–Crippen MR) is 145 cm³/mol. The minimum absolute atomic E-state index is 0.0290. The molecule has 0 aliphatic carbocycles. The summed E-state index contributed by atoms with van der Waals surface area (Å²) in [6.45, 7) is 7.88. The number of aromatic nitrogens is 2. The summed E-state index contributed by atoms with van der Waals surface area (Å²) in [6.07, 6.45) is 1.25. The average molecular weight is 515 g/mol. The lowest BCUT2D eigenvalue weighted by atomic mass is 9.96. The van der Waals surface area contributed by atoms with Crippen LogP contribution in [0.4, 0.5) is 11.6 Å². The molecule has 0 radical (unpaired) electrons. The van der Waals surface area contributed by atoms with E-state index in [0.717, 1.165) is 11.3 Å². The third kappa shape index (κ3) is 5.44. The number of hydrogen-bond donors (Lipinski definition) is 2. The second kappa shape index (κ2) is 11.1. The molecule has 3 heterocycles. The van der Waals surface area contributed by atoms with Crippen molar-refractivity contribution >= 4 is 28.4 Å². The number of morpholine rings is 1. The Morgan fingerprint density at radius 3 is 2.82 bits per heavy atom. The van der Waals surface area contributed by atoms with E-state index in [2.05, 4.69) is 34.4 Å². The Morgan fingerprint density at radius 1 is 1.21 bits per heavy atom. The molecule has 1 atom stereocenters. The third-order valence-corrected chi connectivity index (χ3v) is 6.20. The molecule has 1 saturated heterocycles. The molecule has 1 aliphatic rings. The summed E-state index contributed by atoms with van der Waals surface area (Å²) in [6, 6.07) is 15.0. The van der Waals surface area contributed by atoms with Crippen molar-refractivity contribution in [2.24, 2.45) is 5.92 Å². The summed E-state index contributed by atoms with van der Waals surface area (Å²) in [5.74, 6) is 1.18. The first kappa shape index (κ1) is 25.6. The van der Waals surface area contributed by atoms with Gasteiger partial charge in [-0.15, -0.1) is 0 Å². The number of carbonyl (C=O) groups excluding carboxylic acids is 1. The smallest absolute Gasteiger partial charge is 0.347 e. The average Bonchev–Trinajstić information content (AvgIpc) is 2.91. The lowest BCUT2D eigenvalue weighted by molar-refractivity contribution is 0.0277. The van der Waals surface area contributed by atoms with Crippen molar-refractivity contribution in [1.82, 2.24) is 15.3 Å². The van der Waals surface area contributed by atoms with Gasteiger partial charge in [0.15, 0.2) is 5.78 Å². The topological polar surface area (TPSA) is 116 Å². The molecule has 1 fully saturated rings. The minimum Gasteiger partial charge on any atom is -0.493 e. The summed E-state index contributed by atoms with van der Waals surface area (Å²) in [5, 5.41) is 7.11. The quantitative estimate of drug-likeness (QED) is 0.250. The molecule has 1 aliphatic heterocycles. The van der Waals surface area contributed by atoms with Crippen molar-refractivity contribution in [3.63, 3.8) is 0 Å². The van der Waals surface area contributed by atoms with E-state index >= 15 is 0 Å². The van der Waals surface area contributed by atoms with Gasteiger partial charge in [-0.2, -0.15) is 0 Å². The van der Waals surface area contributed by atoms with Crippen LogP contribution in [-0.2, 0) is 4.74 Å². The normalized spacial score (nSPS) is 15.5. The number of nitrogens with one attached hydrogen (secondary N) is 2. The fourth-order valence-corrected chi connectivity index (χ4v) is 4.48. The van der Waals surface area contributed by atoms with Crippen molar-refractivity contribution < 1.29 is 18.7 Å². The summed E-state index contributed by atoms with van der Waals surface area (Å²) in [5.41, 5.74) is 2.46. The lowest BCUT2D eigenvalue weighted by Gasteiger charge is -2.26. The number of benzene rings is 2. The fourth-order valence-electron chi connectivity index (χ4n) is 4.48. The number of fused-ring (bicyclic) bond motifs is 1. The molecule has 1 unspecified atom stereocenters. The van der Waals surface area contributed by atoms with Crippen LogP contribution in [0.15, 0.2) is 63.9 Å². The van der Waals surface area contributed by atoms with E-state index in [4.69, 9.17) is 13.9 Å². The summed E-state index contributed by atoms with van der Waals surface area (Å²) in [4.78, 5) is 34.2. The number of nitrogens with zero attached hydrogens (tertiary/aromatic N) is 2. The van der Waals surface area contributed by atoms with Crippen LogP contribution in [0.3, 0.4) is 0 Å². The van der Waals surface area contributed by atoms with Crippen LogP contribution in [0.5, 0.6) is 5.75 Å². The van der Waals surface area contributed by atoms with Gasteiger partial charge in [-0.1, -0.05) is 26.0 Å². The van der Waals surface area contributed by atoms with E-state index in [9.17, 15) is 9.59 Å². The Balaban J connectivity index is 1.48. The van der Waals surface area contributed by atoms with Crippen LogP contribution in [0.25, 0.3) is 22.2 Å².